The summed E-state index contributed by atoms with van der Waals surface area (Å²) < 4.78 is 0. The van der Waals surface area contributed by atoms with Crippen molar-refractivity contribution in [2.75, 3.05) is 0 Å². The zero-order valence-corrected chi connectivity index (χ0v) is 11.7. The molecule has 0 heterocycles. The summed E-state index contributed by atoms with van der Waals surface area (Å²) in [5, 5.41) is 19.3. The second-order valence-electron chi connectivity index (χ2n) is 6.18. The van der Waals surface area contributed by atoms with E-state index in [-0.39, 0.29) is 5.75 Å². The van der Waals surface area contributed by atoms with Gasteiger partial charge in [-0.2, -0.15) is 0 Å². The van der Waals surface area contributed by atoms with Gasteiger partial charge in [0.05, 0.1) is 5.41 Å². The third-order valence-electron chi connectivity index (χ3n) is 4.00. The number of benzene rings is 1. The van der Waals surface area contributed by atoms with Crippen LogP contribution in [0.15, 0.2) is 12.1 Å². The Morgan fingerprint density at radius 1 is 1.16 bits per heavy atom. The van der Waals surface area contributed by atoms with Crippen LogP contribution in [0.25, 0.3) is 0 Å². The van der Waals surface area contributed by atoms with Crippen LogP contribution in [0.5, 0.6) is 5.75 Å². The number of hydrogen-bond donors (Lipinski definition) is 2. The van der Waals surface area contributed by atoms with Crippen molar-refractivity contribution in [3.8, 4) is 5.75 Å². The van der Waals surface area contributed by atoms with Gasteiger partial charge < -0.3 is 10.2 Å². The summed E-state index contributed by atoms with van der Waals surface area (Å²) in [4.78, 5) is 11.2. The monoisotopic (exact) mass is 262 g/mol. The Morgan fingerprint density at radius 2 is 1.74 bits per heavy atom. The van der Waals surface area contributed by atoms with Crippen molar-refractivity contribution < 1.29 is 15.0 Å². The van der Waals surface area contributed by atoms with E-state index in [1.54, 1.807) is 13.8 Å². The van der Waals surface area contributed by atoms with E-state index >= 15 is 0 Å². The van der Waals surface area contributed by atoms with Crippen LogP contribution in [-0.2, 0) is 24.1 Å². The van der Waals surface area contributed by atoms with Crippen molar-refractivity contribution in [2.45, 2.75) is 52.4 Å². The topological polar surface area (TPSA) is 57.5 Å². The van der Waals surface area contributed by atoms with Crippen LogP contribution in [0.2, 0.25) is 0 Å². The van der Waals surface area contributed by atoms with Crippen LogP contribution in [-0.4, -0.2) is 16.2 Å². The van der Waals surface area contributed by atoms with Gasteiger partial charge in [-0.3, -0.25) is 4.79 Å². The first-order valence-corrected chi connectivity index (χ1v) is 6.97. The van der Waals surface area contributed by atoms with E-state index in [2.05, 4.69) is 0 Å². The SMILES string of the molecule is CC(C)(Cc1cc2c(cc1O)CCCCC2)C(=O)O. The van der Waals surface area contributed by atoms with Crippen molar-refractivity contribution in [3.63, 3.8) is 0 Å². The summed E-state index contributed by atoms with van der Waals surface area (Å²) in [5.41, 5.74) is 2.42. The molecule has 1 aliphatic carbocycles. The Hall–Kier alpha value is -1.51. The summed E-state index contributed by atoms with van der Waals surface area (Å²) in [5.74, 6) is -0.586. The molecule has 0 unspecified atom stereocenters. The normalized spacial score (nSPS) is 15.7. The molecule has 0 spiro atoms. The average Bonchev–Trinajstić information content (AvgIpc) is 2.54. The zero-order valence-electron chi connectivity index (χ0n) is 11.7. The van der Waals surface area contributed by atoms with Gasteiger partial charge >= 0.3 is 5.97 Å². The number of fused-ring (bicyclic) bond motifs is 1. The molecule has 1 aromatic carbocycles. The number of carbonyl (C=O) groups is 1. The third-order valence-corrected chi connectivity index (χ3v) is 4.00. The molecule has 0 aliphatic heterocycles. The van der Waals surface area contributed by atoms with Gasteiger partial charge in [-0.15, -0.1) is 0 Å². The highest BCUT2D eigenvalue weighted by atomic mass is 16.4. The van der Waals surface area contributed by atoms with Crippen molar-refractivity contribution in [2.24, 2.45) is 5.41 Å². The van der Waals surface area contributed by atoms with Gasteiger partial charge in [0.15, 0.2) is 0 Å². The number of phenolic OH excluding ortho intramolecular Hbond substituents is 1. The molecule has 0 saturated carbocycles. The van der Waals surface area contributed by atoms with Crippen LogP contribution in [0.1, 0.15) is 49.8 Å². The summed E-state index contributed by atoms with van der Waals surface area (Å²) >= 11 is 0. The van der Waals surface area contributed by atoms with E-state index in [9.17, 15) is 15.0 Å². The Balaban J connectivity index is 2.32. The van der Waals surface area contributed by atoms with Gasteiger partial charge in [0.1, 0.15) is 5.75 Å². The second-order valence-corrected chi connectivity index (χ2v) is 6.18. The smallest absolute Gasteiger partial charge is 0.309 e. The Labute approximate surface area is 114 Å². The molecule has 2 rings (SSSR count). The fourth-order valence-electron chi connectivity index (χ4n) is 2.69. The van der Waals surface area contributed by atoms with Crippen molar-refractivity contribution in [1.29, 1.82) is 0 Å². The van der Waals surface area contributed by atoms with E-state index in [0.717, 1.165) is 18.4 Å². The molecule has 0 aromatic heterocycles. The van der Waals surface area contributed by atoms with Crippen LogP contribution in [0, 0.1) is 5.41 Å². The number of aliphatic carboxylic acids is 1. The molecular weight excluding hydrogens is 240 g/mol. The van der Waals surface area contributed by atoms with E-state index in [1.807, 2.05) is 12.1 Å². The highest BCUT2D eigenvalue weighted by molar-refractivity contribution is 5.74. The van der Waals surface area contributed by atoms with Gasteiger partial charge in [0.25, 0.3) is 0 Å². The highest BCUT2D eigenvalue weighted by Gasteiger charge is 2.29. The summed E-state index contributed by atoms with van der Waals surface area (Å²) in [6.45, 7) is 3.39. The Morgan fingerprint density at radius 3 is 2.32 bits per heavy atom. The van der Waals surface area contributed by atoms with Crippen LogP contribution in [0.3, 0.4) is 0 Å². The molecular formula is C16H22O3. The molecule has 1 aliphatic rings. The molecule has 3 heteroatoms. The van der Waals surface area contributed by atoms with Crippen LogP contribution < -0.4 is 0 Å². The maximum absolute atomic E-state index is 11.2. The van der Waals surface area contributed by atoms with Gasteiger partial charge in [0.2, 0.25) is 0 Å². The molecule has 0 bridgehead atoms. The highest BCUT2D eigenvalue weighted by Crippen LogP contribution is 2.32. The quantitative estimate of drug-likeness (QED) is 0.822. The predicted molar refractivity (Wildman–Crippen MR) is 74.5 cm³/mol. The lowest BCUT2D eigenvalue weighted by Crippen LogP contribution is -2.26. The van der Waals surface area contributed by atoms with Crippen molar-refractivity contribution in [3.05, 3.63) is 28.8 Å². The number of hydrogen-bond acceptors (Lipinski definition) is 2. The summed E-state index contributed by atoms with van der Waals surface area (Å²) in [6, 6.07) is 3.86. The van der Waals surface area contributed by atoms with E-state index in [4.69, 9.17) is 0 Å². The fourth-order valence-corrected chi connectivity index (χ4v) is 2.69. The van der Waals surface area contributed by atoms with Gasteiger partial charge in [0, 0.05) is 0 Å². The lowest BCUT2D eigenvalue weighted by atomic mass is 9.84. The maximum atomic E-state index is 11.2. The first-order chi connectivity index (χ1) is 8.90. The number of rotatable bonds is 3. The number of aryl methyl sites for hydroxylation is 2. The number of carboxylic acids is 1. The molecule has 3 nitrogen and oxygen atoms in total. The molecule has 1 aromatic rings. The molecule has 0 amide bonds. The largest absolute Gasteiger partial charge is 0.508 e. The molecule has 0 saturated heterocycles. The molecule has 0 atom stereocenters. The van der Waals surface area contributed by atoms with Gasteiger partial charge in [-0.1, -0.05) is 12.5 Å². The molecule has 104 valence electrons. The van der Waals surface area contributed by atoms with Gasteiger partial charge in [-0.25, -0.2) is 0 Å². The maximum Gasteiger partial charge on any atom is 0.309 e. The predicted octanol–water partition coefficient (Wildman–Crippen LogP) is 3.31. The van der Waals surface area contributed by atoms with Crippen molar-refractivity contribution in [1.82, 2.24) is 0 Å². The summed E-state index contributed by atoms with van der Waals surface area (Å²) in [6.07, 6.45) is 6.00. The Kier molecular flexibility index (Phi) is 3.83. The van der Waals surface area contributed by atoms with Crippen LogP contribution >= 0.6 is 0 Å². The third kappa shape index (κ3) is 3.09. The lowest BCUT2D eigenvalue weighted by Gasteiger charge is -2.21. The van der Waals surface area contributed by atoms with Gasteiger partial charge in [-0.05, 0) is 68.7 Å². The van der Waals surface area contributed by atoms with E-state index in [0.29, 0.717) is 6.42 Å². The number of carboxylic acid groups (broad SMARTS) is 1. The average molecular weight is 262 g/mol. The minimum atomic E-state index is -0.851. The molecule has 19 heavy (non-hydrogen) atoms. The Bertz CT molecular complexity index is 489. The second kappa shape index (κ2) is 5.24. The fraction of sp³-hybridized carbons (Fsp3) is 0.562. The number of aromatic hydroxyl groups is 1. The lowest BCUT2D eigenvalue weighted by molar-refractivity contribution is -0.146. The minimum Gasteiger partial charge on any atom is -0.508 e. The first-order valence-electron chi connectivity index (χ1n) is 6.97. The molecule has 0 fully saturated rings. The number of phenols is 1. The van der Waals surface area contributed by atoms with E-state index < -0.39 is 11.4 Å². The first kappa shape index (κ1) is 13.9. The molecule has 2 N–H and O–H groups in total. The standard InChI is InChI=1S/C16H22O3/c1-16(2,15(18)19)10-13-8-11-6-4-3-5-7-12(11)9-14(13)17/h8-9,17H,3-7,10H2,1-2H3,(H,18,19). The summed E-state index contributed by atoms with van der Waals surface area (Å²) in [7, 11) is 0. The van der Waals surface area contributed by atoms with Crippen LogP contribution in [0.4, 0.5) is 0 Å². The zero-order chi connectivity index (χ0) is 14.0. The molecule has 0 radical (unpaired) electrons. The minimum absolute atomic E-state index is 0.245. The van der Waals surface area contributed by atoms with E-state index in [1.165, 1.54) is 30.4 Å². The van der Waals surface area contributed by atoms with Crippen molar-refractivity contribution >= 4 is 5.97 Å².